The zero-order valence-electron chi connectivity index (χ0n) is 17.5. The second-order valence-electron chi connectivity index (χ2n) is 7.08. The van der Waals surface area contributed by atoms with Crippen molar-refractivity contribution in [3.63, 3.8) is 0 Å². The quantitative estimate of drug-likeness (QED) is 0.129. The molecule has 0 unspecified atom stereocenters. The molecule has 172 valence electrons. The first-order valence-corrected chi connectivity index (χ1v) is 11.3. The molecule has 0 heterocycles. The molecule has 1 atom stereocenters. The van der Waals surface area contributed by atoms with Crippen LogP contribution in [0.4, 0.5) is 11.4 Å². The average Bonchev–Trinajstić information content (AvgIpc) is 2.73. The maximum atomic E-state index is 12.8. The number of nitrogens with two attached hydrogens (primary N) is 2. The average molecular weight is 463 g/mol. The summed E-state index contributed by atoms with van der Waals surface area (Å²) in [6.07, 6.45) is 1.22. The van der Waals surface area contributed by atoms with E-state index in [1.165, 1.54) is 36.4 Å². The molecule has 11 nitrogen and oxygen atoms in total. The predicted molar refractivity (Wildman–Crippen MR) is 122 cm³/mol. The van der Waals surface area contributed by atoms with Crippen LogP contribution in [-0.2, 0) is 14.8 Å². The number of aryl methyl sites for hydroxylation is 1. The van der Waals surface area contributed by atoms with E-state index < -0.39 is 26.9 Å². The third-order valence-corrected chi connectivity index (χ3v) is 5.97. The number of nitrogens with one attached hydrogen (secondary N) is 2. The van der Waals surface area contributed by atoms with Crippen molar-refractivity contribution in [3.05, 3.63) is 64.2 Å². The summed E-state index contributed by atoms with van der Waals surface area (Å²) in [4.78, 5) is 27.0. The molecule has 2 aromatic carbocycles. The van der Waals surface area contributed by atoms with Gasteiger partial charge in [-0.1, -0.05) is 17.7 Å². The van der Waals surface area contributed by atoms with Gasteiger partial charge in [-0.2, -0.15) is 4.72 Å². The number of unbranched alkanes of at least 4 members (excludes halogenated alkanes) is 1. The number of nitrogens with zero attached hydrogens (tertiary/aromatic N) is 2. The van der Waals surface area contributed by atoms with Gasteiger partial charge in [-0.3, -0.25) is 19.9 Å². The number of rotatable bonds is 11. The maximum absolute atomic E-state index is 12.8. The van der Waals surface area contributed by atoms with Crippen LogP contribution in [0.25, 0.3) is 0 Å². The summed E-state index contributed by atoms with van der Waals surface area (Å²) in [7, 11) is -3.96. The van der Waals surface area contributed by atoms with E-state index in [-0.39, 0.29) is 23.0 Å². The van der Waals surface area contributed by atoms with Gasteiger partial charge in [0.2, 0.25) is 15.9 Å². The highest BCUT2D eigenvalue weighted by Gasteiger charge is 2.25. The monoisotopic (exact) mass is 462 g/mol. The van der Waals surface area contributed by atoms with Crippen molar-refractivity contribution in [2.45, 2.75) is 37.1 Å². The van der Waals surface area contributed by atoms with E-state index >= 15 is 0 Å². The minimum absolute atomic E-state index is 0.0386. The van der Waals surface area contributed by atoms with Crippen molar-refractivity contribution < 1.29 is 18.1 Å². The highest BCUT2D eigenvalue weighted by Crippen LogP contribution is 2.17. The van der Waals surface area contributed by atoms with Crippen molar-refractivity contribution in [2.24, 2.45) is 16.5 Å². The number of amides is 1. The molecule has 0 saturated heterocycles. The van der Waals surface area contributed by atoms with Crippen LogP contribution in [0.3, 0.4) is 0 Å². The zero-order chi connectivity index (χ0) is 23.7. The lowest BCUT2D eigenvalue weighted by Gasteiger charge is -2.18. The van der Waals surface area contributed by atoms with Gasteiger partial charge in [0.05, 0.1) is 9.82 Å². The number of benzene rings is 2. The van der Waals surface area contributed by atoms with Crippen molar-refractivity contribution in [3.8, 4) is 0 Å². The number of anilines is 1. The highest BCUT2D eigenvalue weighted by atomic mass is 32.2. The molecule has 0 saturated carbocycles. The second kappa shape index (κ2) is 11.2. The van der Waals surface area contributed by atoms with E-state index in [4.69, 9.17) is 11.5 Å². The van der Waals surface area contributed by atoms with Crippen molar-refractivity contribution in [2.75, 3.05) is 11.9 Å². The Bertz CT molecular complexity index is 1060. The first kappa shape index (κ1) is 24.8. The summed E-state index contributed by atoms with van der Waals surface area (Å²) in [6, 6.07) is 10.4. The molecule has 2 rings (SSSR count). The Hall–Kier alpha value is -3.51. The van der Waals surface area contributed by atoms with Gasteiger partial charge in [0.25, 0.3) is 5.69 Å². The predicted octanol–water partition coefficient (Wildman–Crippen LogP) is 1.63. The summed E-state index contributed by atoms with van der Waals surface area (Å²) in [5.41, 5.74) is 11.7. The van der Waals surface area contributed by atoms with Gasteiger partial charge < -0.3 is 16.8 Å². The van der Waals surface area contributed by atoms with Crippen LogP contribution in [0.5, 0.6) is 0 Å². The van der Waals surface area contributed by atoms with Crippen LogP contribution < -0.4 is 21.5 Å². The molecule has 12 heteroatoms. The van der Waals surface area contributed by atoms with Gasteiger partial charge in [-0.15, -0.1) is 0 Å². The minimum atomic E-state index is -3.96. The smallest absolute Gasteiger partial charge is 0.269 e. The molecule has 0 fully saturated rings. The third-order valence-electron chi connectivity index (χ3n) is 4.49. The fourth-order valence-electron chi connectivity index (χ4n) is 2.78. The molecule has 6 N–H and O–H groups in total. The first-order valence-electron chi connectivity index (χ1n) is 9.78. The van der Waals surface area contributed by atoms with Gasteiger partial charge in [0.1, 0.15) is 6.04 Å². The third kappa shape index (κ3) is 7.63. The van der Waals surface area contributed by atoms with E-state index in [0.29, 0.717) is 25.1 Å². The van der Waals surface area contributed by atoms with E-state index in [0.717, 1.165) is 5.56 Å². The van der Waals surface area contributed by atoms with Crippen LogP contribution in [0.15, 0.2) is 58.4 Å². The number of nitro benzene ring substituents is 1. The van der Waals surface area contributed by atoms with E-state index in [1.807, 2.05) is 6.92 Å². The molecule has 0 aliphatic rings. The minimum Gasteiger partial charge on any atom is -0.370 e. The SMILES string of the molecule is Cc1ccc(S(=O)(=O)N[C@@H](CCCCN=C(N)N)C(=O)Nc2ccc([N+](=O)[O-])cc2)cc1. The first-order chi connectivity index (χ1) is 15.1. The molecule has 32 heavy (non-hydrogen) atoms. The fraction of sp³-hybridized carbons (Fsp3) is 0.300. The molecule has 0 aliphatic heterocycles. The van der Waals surface area contributed by atoms with Gasteiger partial charge in [-0.05, 0) is 50.5 Å². The summed E-state index contributed by atoms with van der Waals surface area (Å²) >= 11 is 0. The Morgan fingerprint density at radius 2 is 1.72 bits per heavy atom. The maximum Gasteiger partial charge on any atom is 0.269 e. The Morgan fingerprint density at radius 1 is 1.09 bits per heavy atom. The lowest BCUT2D eigenvalue weighted by Crippen LogP contribution is -2.43. The van der Waals surface area contributed by atoms with E-state index in [1.54, 1.807) is 12.1 Å². The Morgan fingerprint density at radius 3 is 2.28 bits per heavy atom. The number of non-ortho nitro benzene ring substituents is 1. The van der Waals surface area contributed by atoms with Crippen molar-refractivity contribution >= 4 is 33.3 Å². The molecule has 1 amide bonds. The number of aliphatic imine (C=N–C) groups is 1. The highest BCUT2D eigenvalue weighted by molar-refractivity contribution is 7.89. The van der Waals surface area contributed by atoms with Gasteiger partial charge >= 0.3 is 0 Å². The van der Waals surface area contributed by atoms with Crippen LogP contribution in [-0.4, -0.2) is 37.8 Å². The molecular formula is C20H26N6O5S. The summed E-state index contributed by atoms with van der Waals surface area (Å²) in [6.45, 7) is 2.19. The van der Waals surface area contributed by atoms with Crippen molar-refractivity contribution in [1.29, 1.82) is 0 Å². The van der Waals surface area contributed by atoms with Gasteiger partial charge in [0, 0.05) is 24.4 Å². The number of carbonyl (C=O) groups excluding carboxylic acids is 1. The van der Waals surface area contributed by atoms with Crippen LogP contribution in [0.1, 0.15) is 24.8 Å². The number of nitro groups is 1. The normalized spacial score (nSPS) is 12.0. The number of hydrogen-bond donors (Lipinski definition) is 4. The van der Waals surface area contributed by atoms with E-state index in [9.17, 15) is 23.3 Å². The molecule has 2 aromatic rings. The molecular weight excluding hydrogens is 436 g/mol. The van der Waals surface area contributed by atoms with Crippen LogP contribution in [0.2, 0.25) is 0 Å². The van der Waals surface area contributed by atoms with Gasteiger partial charge in [0.15, 0.2) is 5.96 Å². The zero-order valence-corrected chi connectivity index (χ0v) is 18.3. The molecule has 0 spiro atoms. The van der Waals surface area contributed by atoms with Crippen LogP contribution >= 0.6 is 0 Å². The number of guanidine groups is 1. The lowest BCUT2D eigenvalue weighted by molar-refractivity contribution is -0.384. The lowest BCUT2D eigenvalue weighted by atomic mass is 10.1. The summed E-state index contributed by atoms with van der Waals surface area (Å²) in [5.74, 6) is -0.631. The van der Waals surface area contributed by atoms with Crippen molar-refractivity contribution in [1.82, 2.24) is 4.72 Å². The Balaban J connectivity index is 2.14. The topological polar surface area (TPSA) is 183 Å². The summed E-state index contributed by atoms with van der Waals surface area (Å²) < 4.78 is 28.0. The number of sulfonamides is 1. The standard InChI is InChI=1S/C20H26N6O5S/c1-14-5-11-17(12-6-14)32(30,31)25-18(4-2-3-13-23-20(21)22)19(27)24-15-7-9-16(10-8-15)26(28)29/h5-12,18,25H,2-4,13H2,1H3,(H,24,27)(H4,21,22,23)/t18-/m0/s1. The number of hydrogen-bond acceptors (Lipinski definition) is 6. The van der Waals surface area contributed by atoms with Gasteiger partial charge in [-0.25, -0.2) is 8.42 Å². The molecule has 0 aromatic heterocycles. The second-order valence-corrected chi connectivity index (χ2v) is 8.80. The molecule has 0 bridgehead atoms. The largest absolute Gasteiger partial charge is 0.370 e. The Labute approximate surface area is 186 Å². The fourth-order valence-corrected chi connectivity index (χ4v) is 4.01. The Kier molecular flexibility index (Phi) is 8.67. The number of carbonyl (C=O) groups is 1. The summed E-state index contributed by atoms with van der Waals surface area (Å²) in [5, 5.41) is 13.4. The van der Waals surface area contributed by atoms with E-state index in [2.05, 4.69) is 15.0 Å². The van der Waals surface area contributed by atoms with Crippen LogP contribution in [0, 0.1) is 17.0 Å². The molecule has 0 aliphatic carbocycles. The molecule has 0 radical (unpaired) electrons.